The molecule has 0 spiro atoms. The third-order valence-corrected chi connectivity index (χ3v) is 5.51. The van der Waals surface area contributed by atoms with Crippen LogP contribution in [0, 0.1) is 5.92 Å². The second-order valence-electron chi connectivity index (χ2n) is 8.01. The van der Waals surface area contributed by atoms with E-state index in [2.05, 4.69) is 18.9 Å². The highest BCUT2D eigenvalue weighted by atomic mass is 19.4. The van der Waals surface area contributed by atoms with Crippen molar-refractivity contribution < 1.29 is 18.3 Å². The van der Waals surface area contributed by atoms with Gasteiger partial charge in [0.2, 0.25) is 5.60 Å². The highest BCUT2D eigenvalue weighted by Gasteiger charge is 2.61. The highest BCUT2D eigenvalue weighted by Crippen LogP contribution is 2.56. The van der Waals surface area contributed by atoms with E-state index in [0.29, 0.717) is 29.0 Å². The van der Waals surface area contributed by atoms with Crippen molar-refractivity contribution in [3.05, 3.63) is 65.5 Å². The molecule has 1 N–H and O–H groups in total. The molecule has 0 bridgehead atoms. The molecule has 3 nitrogen and oxygen atoms in total. The predicted molar refractivity (Wildman–Crippen MR) is 106 cm³/mol. The SMILES string of the molecule is CCc1cc(-c2cnn(CC(C)C)c2)cc2c1-c1ccccc1C2(O)C(F)(F)F. The summed E-state index contributed by atoms with van der Waals surface area (Å²) in [4.78, 5) is 0. The minimum atomic E-state index is -4.83. The molecule has 1 aliphatic rings. The van der Waals surface area contributed by atoms with Crippen LogP contribution in [0.5, 0.6) is 0 Å². The first-order chi connectivity index (χ1) is 13.7. The molecule has 0 saturated carbocycles. The summed E-state index contributed by atoms with van der Waals surface area (Å²) in [5.74, 6) is 0.402. The summed E-state index contributed by atoms with van der Waals surface area (Å²) in [6.45, 7) is 6.79. The Morgan fingerprint density at radius 2 is 1.83 bits per heavy atom. The number of benzene rings is 2. The molecule has 0 saturated heterocycles. The van der Waals surface area contributed by atoms with Gasteiger partial charge in [-0.15, -0.1) is 0 Å². The number of aliphatic hydroxyl groups is 1. The van der Waals surface area contributed by atoms with Crippen LogP contribution in [0.3, 0.4) is 0 Å². The van der Waals surface area contributed by atoms with E-state index in [1.165, 1.54) is 18.2 Å². The van der Waals surface area contributed by atoms with Crippen LogP contribution in [-0.4, -0.2) is 21.1 Å². The molecule has 0 radical (unpaired) electrons. The van der Waals surface area contributed by atoms with Gasteiger partial charge in [-0.25, -0.2) is 0 Å². The van der Waals surface area contributed by atoms with E-state index >= 15 is 0 Å². The van der Waals surface area contributed by atoms with Crippen LogP contribution in [0.15, 0.2) is 48.8 Å². The van der Waals surface area contributed by atoms with Crippen molar-refractivity contribution in [2.24, 2.45) is 5.92 Å². The summed E-state index contributed by atoms with van der Waals surface area (Å²) < 4.78 is 44.3. The normalized spacial score (nSPS) is 18.2. The lowest BCUT2D eigenvalue weighted by Gasteiger charge is -2.28. The van der Waals surface area contributed by atoms with Crippen LogP contribution < -0.4 is 0 Å². The quantitative estimate of drug-likeness (QED) is 0.624. The van der Waals surface area contributed by atoms with E-state index < -0.39 is 11.8 Å². The number of rotatable bonds is 4. The van der Waals surface area contributed by atoms with E-state index in [0.717, 1.165) is 17.7 Å². The molecule has 1 heterocycles. The summed E-state index contributed by atoms with van der Waals surface area (Å²) in [6, 6.07) is 9.63. The highest BCUT2D eigenvalue weighted by molar-refractivity contribution is 5.86. The van der Waals surface area contributed by atoms with Gasteiger partial charge < -0.3 is 5.11 Å². The van der Waals surface area contributed by atoms with Crippen LogP contribution in [0.2, 0.25) is 0 Å². The van der Waals surface area contributed by atoms with Crippen molar-refractivity contribution in [1.82, 2.24) is 9.78 Å². The number of fused-ring (bicyclic) bond motifs is 3. The van der Waals surface area contributed by atoms with Crippen LogP contribution in [0.25, 0.3) is 22.3 Å². The number of halogens is 3. The fraction of sp³-hybridized carbons (Fsp3) is 0.348. The first kappa shape index (κ1) is 19.7. The Hall–Kier alpha value is -2.60. The largest absolute Gasteiger partial charge is 0.425 e. The summed E-state index contributed by atoms with van der Waals surface area (Å²) in [5, 5.41) is 15.3. The van der Waals surface area contributed by atoms with Crippen LogP contribution in [-0.2, 0) is 18.6 Å². The summed E-state index contributed by atoms with van der Waals surface area (Å²) in [7, 11) is 0. The van der Waals surface area contributed by atoms with Gasteiger partial charge >= 0.3 is 6.18 Å². The maximum absolute atomic E-state index is 14.2. The van der Waals surface area contributed by atoms with Crippen molar-refractivity contribution in [3.8, 4) is 22.3 Å². The average molecular weight is 400 g/mol. The van der Waals surface area contributed by atoms with Gasteiger partial charge in [0.25, 0.3) is 0 Å². The first-order valence-corrected chi connectivity index (χ1v) is 9.76. The molecule has 0 aliphatic heterocycles. The van der Waals surface area contributed by atoms with Gasteiger partial charge in [-0.1, -0.05) is 51.1 Å². The Morgan fingerprint density at radius 1 is 1.10 bits per heavy atom. The fourth-order valence-corrected chi connectivity index (χ4v) is 4.20. The lowest BCUT2D eigenvalue weighted by atomic mass is 9.87. The molecule has 0 fully saturated rings. The van der Waals surface area contributed by atoms with Gasteiger partial charge in [0.15, 0.2) is 0 Å². The molecule has 1 aromatic heterocycles. The van der Waals surface area contributed by atoms with Crippen LogP contribution in [0.4, 0.5) is 13.2 Å². The molecule has 0 amide bonds. The Balaban J connectivity index is 1.95. The summed E-state index contributed by atoms with van der Waals surface area (Å²) in [5.41, 5.74) is -0.145. The van der Waals surface area contributed by atoms with Crippen LogP contribution >= 0.6 is 0 Å². The summed E-state index contributed by atoms with van der Waals surface area (Å²) >= 11 is 0. The molecule has 152 valence electrons. The van der Waals surface area contributed by atoms with Crippen LogP contribution in [0.1, 0.15) is 37.5 Å². The maximum Gasteiger partial charge on any atom is 0.425 e. The van der Waals surface area contributed by atoms with Crippen molar-refractivity contribution in [1.29, 1.82) is 0 Å². The molecular formula is C23H23F3N2O. The molecule has 1 aliphatic carbocycles. The number of alkyl halides is 3. The zero-order valence-corrected chi connectivity index (χ0v) is 16.6. The Morgan fingerprint density at radius 3 is 2.48 bits per heavy atom. The number of aromatic nitrogens is 2. The Bertz CT molecular complexity index is 1070. The number of aryl methyl sites for hydroxylation is 1. The van der Waals surface area contributed by atoms with E-state index in [1.54, 1.807) is 23.0 Å². The van der Waals surface area contributed by atoms with Gasteiger partial charge in [0.05, 0.1) is 6.20 Å². The van der Waals surface area contributed by atoms with E-state index in [4.69, 9.17) is 0 Å². The third kappa shape index (κ3) is 2.97. The molecule has 3 aromatic rings. The lowest BCUT2D eigenvalue weighted by molar-refractivity contribution is -0.246. The van der Waals surface area contributed by atoms with Gasteiger partial charge in [0.1, 0.15) is 0 Å². The zero-order valence-electron chi connectivity index (χ0n) is 16.6. The van der Waals surface area contributed by atoms with Crippen molar-refractivity contribution in [2.45, 2.75) is 45.5 Å². The van der Waals surface area contributed by atoms with Gasteiger partial charge in [-0.05, 0) is 40.7 Å². The molecule has 6 heteroatoms. The minimum absolute atomic E-state index is 0.0999. The monoisotopic (exact) mass is 400 g/mol. The van der Waals surface area contributed by atoms with Crippen molar-refractivity contribution in [3.63, 3.8) is 0 Å². The van der Waals surface area contributed by atoms with Gasteiger partial charge in [-0.3, -0.25) is 4.68 Å². The van der Waals surface area contributed by atoms with E-state index in [9.17, 15) is 18.3 Å². The average Bonchev–Trinajstić information content (AvgIpc) is 3.22. The zero-order chi connectivity index (χ0) is 21.0. The Kier molecular flexibility index (Phi) is 4.57. The molecule has 1 unspecified atom stereocenters. The van der Waals surface area contributed by atoms with Crippen molar-refractivity contribution in [2.75, 3.05) is 0 Å². The Labute approximate surface area is 167 Å². The molecular weight excluding hydrogens is 377 g/mol. The second-order valence-corrected chi connectivity index (χ2v) is 8.01. The van der Waals surface area contributed by atoms with E-state index in [-0.39, 0.29) is 11.1 Å². The van der Waals surface area contributed by atoms with Crippen molar-refractivity contribution >= 4 is 0 Å². The molecule has 1 atom stereocenters. The predicted octanol–water partition coefficient (Wildman–Crippen LogP) is 5.55. The fourth-order valence-electron chi connectivity index (χ4n) is 4.20. The maximum atomic E-state index is 14.2. The van der Waals surface area contributed by atoms with E-state index in [1.807, 2.05) is 19.2 Å². The second kappa shape index (κ2) is 6.73. The third-order valence-electron chi connectivity index (χ3n) is 5.51. The minimum Gasteiger partial charge on any atom is -0.372 e. The molecule has 2 aromatic carbocycles. The first-order valence-electron chi connectivity index (χ1n) is 9.76. The molecule has 4 rings (SSSR count). The standard InChI is InChI=1S/C23H23F3N2O/c1-4-15-9-16(17-11-27-28(13-17)12-14(2)3)10-20-21(15)18-7-5-6-8-19(18)22(20,29)23(24,25)26/h5-11,13-14,29H,4,12H2,1-3H3. The van der Waals surface area contributed by atoms with Gasteiger partial charge in [-0.2, -0.15) is 18.3 Å². The number of hydrogen-bond acceptors (Lipinski definition) is 2. The lowest BCUT2D eigenvalue weighted by Crippen LogP contribution is -2.41. The number of hydrogen-bond donors (Lipinski definition) is 1. The van der Waals surface area contributed by atoms with Gasteiger partial charge in [0, 0.05) is 29.4 Å². The summed E-state index contributed by atoms with van der Waals surface area (Å²) in [6.07, 6.45) is -0.771. The smallest absolute Gasteiger partial charge is 0.372 e. The number of nitrogens with zero attached hydrogens (tertiary/aromatic N) is 2. The topological polar surface area (TPSA) is 38.0 Å². The molecule has 29 heavy (non-hydrogen) atoms.